The van der Waals surface area contributed by atoms with Gasteiger partial charge in [0, 0.05) is 19.1 Å². The minimum absolute atomic E-state index is 0.00576. The highest BCUT2D eigenvalue weighted by Crippen LogP contribution is 2.27. The van der Waals surface area contributed by atoms with Crippen LogP contribution in [0, 0.1) is 0 Å². The number of nitrogens with one attached hydrogen (secondary N) is 1. The largest absolute Gasteiger partial charge is 0.350 e. The number of hydrogen-bond donors (Lipinski definition) is 2. The Kier molecular flexibility index (Phi) is 5.57. The summed E-state index contributed by atoms with van der Waals surface area (Å²) in [7, 11) is 0. The van der Waals surface area contributed by atoms with Crippen LogP contribution in [0.4, 0.5) is 0 Å². The summed E-state index contributed by atoms with van der Waals surface area (Å²) in [6.07, 6.45) is 7.73. The fourth-order valence-corrected chi connectivity index (χ4v) is 3.98. The maximum Gasteiger partial charge on any atom is 0.240 e. The smallest absolute Gasteiger partial charge is 0.240 e. The summed E-state index contributed by atoms with van der Waals surface area (Å²) in [5, 5.41) is 3.01. The molecule has 0 spiro atoms. The maximum atomic E-state index is 12.3. The molecule has 3 N–H and O–H groups in total. The second-order valence-corrected chi connectivity index (χ2v) is 7.68. The van der Waals surface area contributed by atoms with Gasteiger partial charge in [0.25, 0.3) is 0 Å². The molecule has 1 heterocycles. The van der Waals surface area contributed by atoms with Crippen LogP contribution in [0.5, 0.6) is 0 Å². The van der Waals surface area contributed by atoms with E-state index in [1.807, 2.05) is 0 Å². The Labute approximate surface area is 145 Å². The van der Waals surface area contributed by atoms with Crippen LogP contribution in [0.3, 0.4) is 0 Å². The molecule has 1 atom stereocenters. The third-order valence-corrected chi connectivity index (χ3v) is 5.75. The summed E-state index contributed by atoms with van der Waals surface area (Å²) >= 11 is 0. The molecule has 0 bridgehead atoms. The third kappa shape index (κ3) is 4.17. The van der Waals surface area contributed by atoms with Crippen LogP contribution < -0.4 is 11.1 Å². The van der Waals surface area contributed by atoms with Crippen LogP contribution >= 0.6 is 0 Å². The van der Waals surface area contributed by atoms with Crippen molar-refractivity contribution in [3.05, 3.63) is 35.4 Å². The molecule has 132 valence electrons. The topological polar surface area (TPSA) is 58.4 Å². The van der Waals surface area contributed by atoms with E-state index in [1.165, 1.54) is 31.4 Å². The maximum absolute atomic E-state index is 12.3. The number of nitrogens with zero attached hydrogens (tertiary/aromatic N) is 1. The summed E-state index contributed by atoms with van der Waals surface area (Å²) in [5.41, 5.74) is 8.05. The molecule has 1 saturated carbocycles. The highest BCUT2D eigenvalue weighted by atomic mass is 16.2. The Morgan fingerprint density at radius 1 is 1.17 bits per heavy atom. The monoisotopic (exact) mass is 329 g/mol. The molecular formula is C20H31N3O. The molecular weight excluding hydrogens is 298 g/mol. The SMILES string of the molecule is CC1CCCCN1Cc1ccc(CNC(=O)C2(N)CCCC2)cc1. The van der Waals surface area contributed by atoms with Crippen molar-refractivity contribution in [1.82, 2.24) is 10.2 Å². The van der Waals surface area contributed by atoms with Gasteiger partial charge in [-0.15, -0.1) is 0 Å². The quantitative estimate of drug-likeness (QED) is 0.873. The Morgan fingerprint density at radius 2 is 1.83 bits per heavy atom. The first-order valence-electron chi connectivity index (χ1n) is 9.46. The van der Waals surface area contributed by atoms with Gasteiger partial charge in [-0.05, 0) is 50.3 Å². The van der Waals surface area contributed by atoms with Gasteiger partial charge >= 0.3 is 0 Å². The summed E-state index contributed by atoms with van der Waals surface area (Å²) in [6.45, 7) is 5.13. The lowest BCUT2D eigenvalue weighted by molar-refractivity contribution is -0.126. The number of benzene rings is 1. The van der Waals surface area contributed by atoms with Crippen LogP contribution in [0.25, 0.3) is 0 Å². The normalized spacial score (nSPS) is 24.0. The number of carbonyl (C=O) groups excluding carboxylic acids is 1. The molecule has 4 heteroatoms. The van der Waals surface area contributed by atoms with E-state index in [2.05, 4.69) is 41.4 Å². The van der Waals surface area contributed by atoms with E-state index in [1.54, 1.807) is 0 Å². The molecule has 1 aromatic carbocycles. The van der Waals surface area contributed by atoms with Gasteiger partial charge in [-0.3, -0.25) is 9.69 Å². The predicted molar refractivity (Wildman–Crippen MR) is 97.4 cm³/mol. The second-order valence-electron chi connectivity index (χ2n) is 7.68. The lowest BCUT2D eigenvalue weighted by atomic mass is 9.98. The number of nitrogens with two attached hydrogens (primary N) is 1. The average Bonchev–Trinajstić information content (AvgIpc) is 3.04. The van der Waals surface area contributed by atoms with Gasteiger partial charge < -0.3 is 11.1 Å². The van der Waals surface area contributed by atoms with Gasteiger partial charge in [-0.1, -0.05) is 43.5 Å². The van der Waals surface area contributed by atoms with E-state index in [9.17, 15) is 4.79 Å². The Morgan fingerprint density at radius 3 is 2.50 bits per heavy atom. The van der Waals surface area contributed by atoms with Crippen LogP contribution in [0.15, 0.2) is 24.3 Å². The van der Waals surface area contributed by atoms with Crippen LogP contribution in [0.2, 0.25) is 0 Å². The van der Waals surface area contributed by atoms with Gasteiger partial charge in [-0.2, -0.15) is 0 Å². The number of carbonyl (C=O) groups is 1. The Balaban J connectivity index is 1.50. The van der Waals surface area contributed by atoms with Crippen molar-refractivity contribution in [3.63, 3.8) is 0 Å². The molecule has 1 saturated heterocycles. The molecule has 1 unspecified atom stereocenters. The zero-order valence-electron chi connectivity index (χ0n) is 14.9. The van der Waals surface area contributed by atoms with Gasteiger partial charge in [-0.25, -0.2) is 0 Å². The van der Waals surface area contributed by atoms with Crippen LogP contribution in [-0.4, -0.2) is 28.9 Å². The summed E-state index contributed by atoms with van der Waals surface area (Å²) < 4.78 is 0. The van der Waals surface area contributed by atoms with Crippen LogP contribution in [0.1, 0.15) is 63.0 Å². The number of piperidine rings is 1. The first-order chi connectivity index (χ1) is 11.6. The van der Waals surface area contributed by atoms with Crippen molar-refractivity contribution >= 4 is 5.91 Å². The van der Waals surface area contributed by atoms with Crippen LogP contribution in [-0.2, 0) is 17.9 Å². The van der Waals surface area contributed by atoms with E-state index in [0.717, 1.165) is 37.8 Å². The Hall–Kier alpha value is -1.39. The Bertz CT molecular complexity index is 549. The first kappa shape index (κ1) is 17.4. The van der Waals surface area contributed by atoms with E-state index in [0.29, 0.717) is 12.6 Å². The molecule has 2 aliphatic rings. The first-order valence-corrected chi connectivity index (χ1v) is 9.46. The molecule has 1 aromatic rings. The number of rotatable bonds is 5. The van der Waals surface area contributed by atoms with Gasteiger partial charge in [0.1, 0.15) is 0 Å². The highest BCUT2D eigenvalue weighted by Gasteiger charge is 2.36. The summed E-state index contributed by atoms with van der Waals surface area (Å²) in [4.78, 5) is 14.8. The number of amides is 1. The van der Waals surface area contributed by atoms with Gasteiger partial charge in [0.15, 0.2) is 0 Å². The molecule has 1 amide bonds. The zero-order chi connectivity index (χ0) is 17.0. The van der Waals surface area contributed by atoms with E-state index < -0.39 is 5.54 Å². The van der Waals surface area contributed by atoms with Crippen molar-refractivity contribution in [2.45, 2.75) is 76.5 Å². The summed E-state index contributed by atoms with van der Waals surface area (Å²) in [6, 6.07) is 9.32. The fraction of sp³-hybridized carbons (Fsp3) is 0.650. The molecule has 0 aromatic heterocycles. The standard InChI is InChI=1S/C20H31N3O/c1-16-6-2-5-13-23(16)15-18-9-7-17(8-10-18)14-22-19(24)20(21)11-3-4-12-20/h7-10,16H,2-6,11-15,21H2,1H3,(H,22,24). The van der Waals surface area contributed by atoms with E-state index in [-0.39, 0.29) is 5.91 Å². The molecule has 3 rings (SSSR count). The molecule has 24 heavy (non-hydrogen) atoms. The minimum atomic E-state index is -0.635. The zero-order valence-corrected chi connectivity index (χ0v) is 14.9. The van der Waals surface area contributed by atoms with Crippen molar-refractivity contribution in [2.24, 2.45) is 5.73 Å². The van der Waals surface area contributed by atoms with Crippen molar-refractivity contribution in [3.8, 4) is 0 Å². The number of hydrogen-bond acceptors (Lipinski definition) is 3. The molecule has 4 nitrogen and oxygen atoms in total. The second kappa shape index (κ2) is 7.66. The highest BCUT2D eigenvalue weighted by molar-refractivity contribution is 5.86. The number of likely N-dealkylation sites (tertiary alicyclic amines) is 1. The average molecular weight is 329 g/mol. The third-order valence-electron chi connectivity index (χ3n) is 5.75. The minimum Gasteiger partial charge on any atom is -0.350 e. The van der Waals surface area contributed by atoms with Crippen molar-refractivity contribution in [2.75, 3.05) is 6.54 Å². The van der Waals surface area contributed by atoms with Gasteiger partial charge in [0.05, 0.1) is 5.54 Å². The lowest BCUT2D eigenvalue weighted by Gasteiger charge is -2.33. The fourth-order valence-electron chi connectivity index (χ4n) is 3.98. The predicted octanol–water partition coefficient (Wildman–Crippen LogP) is 2.95. The molecule has 2 fully saturated rings. The van der Waals surface area contributed by atoms with Crippen molar-refractivity contribution in [1.29, 1.82) is 0 Å². The lowest BCUT2D eigenvalue weighted by Crippen LogP contribution is -2.51. The van der Waals surface area contributed by atoms with Gasteiger partial charge in [0.2, 0.25) is 5.91 Å². The summed E-state index contributed by atoms with van der Waals surface area (Å²) in [5.74, 6) is 0.00576. The molecule has 1 aliphatic heterocycles. The molecule has 1 aliphatic carbocycles. The van der Waals surface area contributed by atoms with E-state index >= 15 is 0 Å². The molecule has 0 radical (unpaired) electrons. The van der Waals surface area contributed by atoms with Crippen molar-refractivity contribution < 1.29 is 4.79 Å². The van der Waals surface area contributed by atoms with E-state index in [4.69, 9.17) is 5.73 Å².